The van der Waals surface area contributed by atoms with Crippen LogP contribution in [-0.4, -0.2) is 10.8 Å². The molecule has 1 aromatic carbocycles. The minimum atomic E-state index is -0.513. The van der Waals surface area contributed by atoms with Crippen molar-refractivity contribution in [2.75, 3.05) is 5.32 Å². The van der Waals surface area contributed by atoms with Crippen molar-refractivity contribution in [3.63, 3.8) is 0 Å². The number of halogens is 1. The molecule has 1 aromatic heterocycles. The Morgan fingerprint density at radius 1 is 1.39 bits per heavy atom. The summed E-state index contributed by atoms with van der Waals surface area (Å²) in [5, 5.41) is 14.6. The van der Waals surface area contributed by atoms with Crippen LogP contribution in [0.15, 0.2) is 40.2 Å². The molecule has 0 aliphatic rings. The maximum atomic E-state index is 11.8. The molecule has 2 aromatic rings. The number of anilines is 1. The number of nitrogens with zero attached hydrogens (tertiary/aromatic N) is 1. The van der Waals surface area contributed by atoms with Gasteiger partial charge in [-0.3, -0.25) is 14.9 Å². The summed E-state index contributed by atoms with van der Waals surface area (Å²) >= 11 is 4.22. The molecule has 1 N–H and O–H groups in total. The van der Waals surface area contributed by atoms with E-state index >= 15 is 0 Å². The van der Waals surface area contributed by atoms with Crippen molar-refractivity contribution in [2.24, 2.45) is 0 Å². The van der Waals surface area contributed by atoms with Gasteiger partial charge >= 0.3 is 5.00 Å². The third kappa shape index (κ3) is 2.93. The number of amides is 1. The molecule has 92 valence electrons. The van der Waals surface area contributed by atoms with Gasteiger partial charge in [0.15, 0.2) is 0 Å². The Morgan fingerprint density at radius 2 is 2.17 bits per heavy atom. The van der Waals surface area contributed by atoms with E-state index in [0.717, 1.165) is 15.8 Å². The summed E-state index contributed by atoms with van der Waals surface area (Å²) in [5.74, 6) is -0.363. The van der Waals surface area contributed by atoms with Gasteiger partial charge in [-0.1, -0.05) is 33.3 Å². The van der Waals surface area contributed by atoms with E-state index in [2.05, 4.69) is 21.2 Å². The number of carbonyl (C=O) groups is 1. The van der Waals surface area contributed by atoms with Gasteiger partial charge in [0.25, 0.3) is 5.91 Å². The smallest absolute Gasteiger partial charge is 0.322 e. The SMILES string of the molecule is O=C(Nc1cccc(Br)c1)c1csc([N+](=O)[O-])c1. The van der Waals surface area contributed by atoms with Crippen LogP contribution in [0.25, 0.3) is 0 Å². The van der Waals surface area contributed by atoms with Crippen LogP contribution in [0.4, 0.5) is 10.7 Å². The molecule has 0 saturated heterocycles. The van der Waals surface area contributed by atoms with E-state index in [-0.39, 0.29) is 16.5 Å². The van der Waals surface area contributed by atoms with Crippen molar-refractivity contribution in [1.29, 1.82) is 0 Å². The van der Waals surface area contributed by atoms with E-state index in [9.17, 15) is 14.9 Å². The van der Waals surface area contributed by atoms with Crippen molar-refractivity contribution >= 4 is 43.9 Å². The lowest BCUT2D eigenvalue weighted by Gasteiger charge is -2.03. The standard InChI is InChI=1S/C11H7BrN2O3S/c12-8-2-1-3-9(5-8)13-11(15)7-4-10(14(16)17)18-6-7/h1-6H,(H,13,15). The van der Waals surface area contributed by atoms with Crippen molar-refractivity contribution in [2.45, 2.75) is 0 Å². The van der Waals surface area contributed by atoms with Crippen LogP contribution in [0.3, 0.4) is 0 Å². The first-order valence-electron chi connectivity index (χ1n) is 4.86. The normalized spacial score (nSPS) is 10.1. The number of nitrogens with one attached hydrogen (secondary N) is 1. The maximum Gasteiger partial charge on any atom is 0.324 e. The molecule has 0 unspecified atom stereocenters. The Labute approximate surface area is 115 Å². The van der Waals surface area contributed by atoms with Gasteiger partial charge in [0.2, 0.25) is 0 Å². The third-order valence-electron chi connectivity index (χ3n) is 2.11. The fraction of sp³-hybridized carbons (Fsp3) is 0. The van der Waals surface area contributed by atoms with Crippen molar-refractivity contribution in [3.05, 3.63) is 55.9 Å². The van der Waals surface area contributed by atoms with E-state index < -0.39 is 4.92 Å². The number of carbonyl (C=O) groups excluding carboxylic acids is 1. The zero-order chi connectivity index (χ0) is 13.1. The monoisotopic (exact) mass is 326 g/mol. The molecule has 0 radical (unpaired) electrons. The fourth-order valence-electron chi connectivity index (χ4n) is 1.31. The van der Waals surface area contributed by atoms with Crippen LogP contribution in [0.1, 0.15) is 10.4 Å². The number of thiophene rings is 1. The lowest BCUT2D eigenvalue weighted by molar-refractivity contribution is -0.380. The average Bonchev–Trinajstić information content (AvgIpc) is 2.78. The van der Waals surface area contributed by atoms with Crippen LogP contribution in [0.5, 0.6) is 0 Å². The van der Waals surface area contributed by atoms with Crippen LogP contribution in [0, 0.1) is 10.1 Å². The highest BCUT2D eigenvalue weighted by atomic mass is 79.9. The van der Waals surface area contributed by atoms with Gasteiger partial charge in [0.05, 0.1) is 10.5 Å². The highest BCUT2D eigenvalue weighted by molar-refractivity contribution is 9.10. The molecule has 0 aliphatic heterocycles. The summed E-state index contributed by atoms with van der Waals surface area (Å²) in [4.78, 5) is 21.8. The third-order valence-corrected chi connectivity index (χ3v) is 3.48. The first-order chi connectivity index (χ1) is 8.56. The second-order valence-corrected chi connectivity index (χ2v) is 5.20. The topological polar surface area (TPSA) is 72.2 Å². The van der Waals surface area contributed by atoms with E-state index in [1.807, 2.05) is 6.07 Å². The number of hydrogen-bond donors (Lipinski definition) is 1. The fourth-order valence-corrected chi connectivity index (χ4v) is 2.41. The lowest BCUT2D eigenvalue weighted by Crippen LogP contribution is -2.10. The number of nitro groups is 1. The molecule has 0 atom stereocenters. The van der Waals surface area contributed by atoms with Gasteiger partial charge in [0, 0.05) is 21.6 Å². The van der Waals surface area contributed by atoms with E-state index in [1.165, 1.54) is 11.4 Å². The maximum absolute atomic E-state index is 11.8. The van der Waals surface area contributed by atoms with Crippen LogP contribution >= 0.6 is 27.3 Å². The van der Waals surface area contributed by atoms with Gasteiger partial charge < -0.3 is 5.32 Å². The second kappa shape index (κ2) is 5.28. The minimum Gasteiger partial charge on any atom is -0.322 e. The van der Waals surface area contributed by atoms with E-state index in [0.29, 0.717) is 5.69 Å². The molecule has 5 nitrogen and oxygen atoms in total. The van der Waals surface area contributed by atoms with Gasteiger partial charge in [-0.15, -0.1) is 0 Å². The molecule has 1 heterocycles. The van der Waals surface area contributed by atoms with Gasteiger partial charge in [-0.05, 0) is 18.2 Å². The number of hydrogen-bond acceptors (Lipinski definition) is 4. The summed E-state index contributed by atoms with van der Waals surface area (Å²) in [6, 6.07) is 8.38. The first-order valence-corrected chi connectivity index (χ1v) is 6.53. The zero-order valence-corrected chi connectivity index (χ0v) is 11.3. The molecule has 0 aliphatic carbocycles. The molecule has 2 rings (SSSR count). The largest absolute Gasteiger partial charge is 0.324 e. The summed E-state index contributed by atoms with van der Waals surface area (Å²) in [6.45, 7) is 0. The Kier molecular flexibility index (Phi) is 3.73. The Hall–Kier alpha value is -1.73. The summed E-state index contributed by atoms with van der Waals surface area (Å²) < 4.78 is 0.844. The van der Waals surface area contributed by atoms with E-state index in [4.69, 9.17) is 0 Å². The Bertz CT molecular complexity index is 612. The first kappa shape index (κ1) is 12.7. The summed E-state index contributed by atoms with van der Waals surface area (Å²) in [6.07, 6.45) is 0. The predicted octanol–water partition coefficient (Wildman–Crippen LogP) is 3.67. The molecule has 0 spiro atoms. The quantitative estimate of drug-likeness (QED) is 0.690. The Balaban J connectivity index is 2.14. The molecular formula is C11H7BrN2O3S. The second-order valence-electron chi connectivity index (χ2n) is 3.40. The van der Waals surface area contributed by atoms with Gasteiger partial charge in [-0.2, -0.15) is 0 Å². The van der Waals surface area contributed by atoms with Crippen LogP contribution in [0.2, 0.25) is 0 Å². The zero-order valence-electron chi connectivity index (χ0n) is 8.92. The molecule has 1 amide bonds. The number of rotatable bonds is 3. The molecule has 0 fully saturated rings. The van der Waals surface area contributed by atoms with Crippen molar-refractivity contribution in [3.8, 4) is 0 Å². The highest BCUT2D eigenvalue weighted by Crippen LogP contribution is 2.23. The van der Waals surface area contributed by atoms with Gasteiger partial charge in [0.1, 0.15) is 0 Å². The average molecular weight is 327 g/mol. The van der Waals surface area contributed by atoms with Crippen molar-refractivity contribution < 1.29 is 9.72 Å². The summed E-state index contributed by atoms with van der Waals surface area (Å²) in [5.41, 5.74) is 0.912. The lowest BCUT2D eigenvalue weighted by atomic mass is 10.3. The van der Waals surface area contributed by atoms with E-state index in [1.54, 1.807) is 18.2 Å². The molecular weight excluding hydrogens is 320 g/mol. The predicted molar refractivity (Wildman–Crippen MR) is 73.1 cm³/mol. The Morgan fingerprint density at radius 3 is 2.78 bits per heavy atom. The molecule has 7 heteroatoms. The summed E-state index contributed by atoms with van der Waals surface area (Å²) in [7, 11) is 0. The van der Waals surface area contributed by atoms with Crippen LogP contribution in [-0.2, 0) is 0 Å². The molecule has 18 heavy (non-hydrogen) atoms. The number of benzene rings is 1. The van der Waals surface area contributed by atoms with Gasteiger partial charge in [-0.25, -0.2) is 0 Å². The molecule has 0 bridgehead atoms. The van der Waals surface area contributed by atoms with Crippen LogP contribution < -0.4 is 5.32 Å². The molecule has 0 saturated carbocycles. The van der Waals surface area contributed by atoms with Crippen molar-refractivity contribution in [1.82, 2.24) is 0 Å². The minimum absolute atomic E-state index is 0.0469. The highest BCUT2D eigenvalue weighted by Gasteiger charge is 2.14.